The standard InChI is InChI=1S/C15H15N7O2/c16-15-20-12-11(18-7-19-12)13(21-15)22-5-8(9(6-22)14(23)24)10-3-1-2-4-17-10/h1-4,7-9H,5-6H2,(H,23,24)(H3,16,18,19,20,21)/t8-,9-/m0/s1. The van der Waals surface area contributed by atoms with Crippen molar-refractivity contribution >= 4 is 28.9 Å². The fourth-order valence-corrected chi connectivity index (χ4v) is 3.19. The van der Waals surface area contributed by atoms with Gasteiger partial charge in [-0.15, -0.1) is 0 Å². The summed E-state index contributed by atoms with van der Waals surface area (Å²) in [5, 5.41) is 9.61. The molecule has 3 aromatic rings. The highest BCUT2D eigenvalue weighted by Gasteiger charge is 2.40. The molecule has 0 unspecified atom stereocenters. The van der Waals surface area contributed by atoms with Crippen molar-refractivity contribution in [1.82, 2.24) is 24.9 Å². The Balaban J connectivity index is 1.75. The highest BCUT2D eigenvalue weighted by Crippen LogP contribution is 2.35. The van der Waals surface area contributed by atoms with Crippen LogP contribution in [0.4, 0.5) is 11.8 Å². The van der Waals surface area contributed by atoms with Crippen LogP contribution in [0.1, 0.15) is 11.6 Å². The smallest absolute Gasteiger partial charge is 0.309 e. The maximum atomic E-state index is 11.7. The molecule has 4 N–H and O–H groups in total. The molecule has 0 amide bonds. The van der Waals surface area contributed by atoms with Crippen LogP contribution < -0.4 is 10.6 Å². The van der Waals surface area contributed by atoms with Gasteiger partial charge in [-0.3, -0.25) is 9.78 Å². The number of carbonyl (C=O) groups is 1. The van der Waals surface area contributed by atoms with E-state index in [1.165, 1.54) is 6.33 Å². The summed E-state index contributed by atoms with van der Waals surface area (Å²) in [5.74, 6) is -0.972. The predicted octanol–water partition coefficient (Wildman–Crippen LogP) is 0.635. The van der Waals surface area contributed by atoms with Crippen LogP contribution in [0.5, 0.6) is 0 Å². The van der Waals surface area contributed by atoms with Crippen LogP contribution in [-0.2, 0) is 4.79 Å². The fourth-order valence-electron chi connectivity index (χ4n) is 3.19. The highest BCUT2D eigenvalue weighted by atomic mass is 16.4. The van der Waals surface area contributed by atoms with E-state index in [1.807, 2.05) is 23.1 Å². The Hall–Kier alpha value is -3.23. The molecule has 0 aromatic carbocycles. The number of aromatic nitrogens is 5. The Kier molecular flexibility index (Phi) is 3.26. The maximum absolute atomic E-state index is 11.7. The van der Waals surface area contributed by atoms with E-state index in [4.69, 9.17) is 5.73 Å². The number of nitrogens with one attached hydrogen (secondary N) is 1. The van der Waals surface area contributed by atoms with Crippen molar-refractivity contribution in [3.8, 4) is 0 Å². The number of imidazole rings is 1. The molecule has 3 aromatic heterocycles. The molecule has 4 heterocycles. The van der Waals surface area contributed by atoms with Crippen LogP contribution in [0.15, 0.2) is 30.7 Å². The Bertz CT molecular complexity index is 895. The number of nitrogen functional groups attached to an aromatic ring is 1. The molecule has 9 heteroatoms. The molecule has 0 spiro atoms. The first-order valence-electron chi connectivity index (χ1n) is 7.49. The Morgan fingerprint density at radius 3 is 2.92 bits per heavy atom. The third kappa shape index (κ3) is 2.30. The zero-order chi connectivity index (χ0) is 16.7. The Morgan fingerprint density at radius 1 is 1.29 bits per heavy atom. The fraction of sp³-hybridized carbons (Fsp3) is 0.267. The number of aliphatic carboxylic acids is 1. The molecule has 2 atom stereocenters. The van der Waals surface area contributed by atoms with Gasteiger partial charge >= 0.3 is 5.97 Å². The number of fused-ring (bicyclic) bond motifs is 1. The lowest BCUT2D eigenvalue weighted by atomic mass is 9.93. The third-order valence-corrected chi connectivity index (χ3v) is 4.29. The van der Waals surface area contributed by atoms with Crippen molar-refractivity contribution in [3.05, 3.63) is 36.4 Å². The minimum absolute atomic E-state index is 0.109. The normalized spacial score (nSPS) is 20.6. The van der Waals surface area contributed by atoms with Gasteiger partial charge in [-0.25, -0.2) is 4.98 Å². The first-order chi connectivity index (χ1) is 11.6. The zero-order valence-corrected chi connectivity index (χ0v) is 12.6. The van der Waals surface area contributed by atoms with E-state index in [-0.39, 0.29) is 11.9 Å². The quantitative estimate of drug-likeness (QED) is 0.638. The van der Waals surface area contributed by atoms with Gasteiger partial charge in [0.2, 0.25) is 5.95 Å². The Morgan fingerprint density at radius 2 is 2.17 bits per heavy atom. The van der Waals surface area contributed by atoms with Gasteiger partial charge < -0.3 is 20.7 Å². The molecular weight excluding hydrogens is 310 g/mol. The number of nitrogens with zero attached hydrogens (tertiary/aromatic N) is 5. The summed E-state index contributed by atoms with van der Waals surface area (Å²) in [6.07, 6.45) is 3.19. The average molecular weight is 325 g/mol. The SMILES string of the molecule is Nc1nc(N2C[C@H](C(=O)O)[C@@H](c3ccccn3)C2)c2[nH]cnc2n1. The molecule has 9 nitrogen and oxygen atoms in total. The third-order valence-electron chi connectivity index (χ3n) is 4.29. The molecular formula is C15H15N7O2. The van der Waals surface area contributed by atoms with Crippen molar-refractivity contribution < 1.29 is 9.90 Å². The van der Waals surface area contributed by atoms with Gasteiger partial charge in [0, 0.05) is 30.9 Å². The molecule has 0 bridgehead atoms. The van der Waals surface area contributed by atoms with Gasteiger partial charge in [0.25, 0.3) is 0 Å². The molecule has 1 fully saturated rings. The summed E-state index contributed by atoms with van der Waals surface area (Å²) in [4.78, 5) is 33.4. The summed E-state index contributed by atoms with van der Waals surface area (Å²) in [7, 11) is 0. The largest absolute Gasteiger partial charge is 0.481 e. The number of rotatable bonds is 3. The summed E-state index contributed by atoms with van der Waals surface area (Å²) < 4.78 is 0. The minimum Gasteiger partial charge on any atom is -0.481 e. The monoisotopic (exact) mass is 325 g/mol. The van der Waals surface area contributed by atoms with Gasteiger partial charge in [-0.05, 0) is 12.1 Å². The molecule has 122 valence electrons. The molecule has 0 radical (unpaired) electrons. The topological polar surface area (TPSA) is 134 Å². The maximum Gasteiger partial charge on any atom is 0.309 e. The number of aromatic amines is 1. The Labute approximate surface area is 136 Å². The molecule has 0 aliphatic carbocycles. The van der Waals surface area contributed by atoms with Crippen molar-refractivity contribution in [2.45, 2.75) is 5.92 Å². The van der Waals surface area contributed by atoms with Crippen molar-refractivity contribution in [2.24, 2.45) is 5.92 Å². The molecule has 1 aliphatic heterocycles. The van der Waals surface area contributed by atoms with Gasteiger partial charge in [-0.1, -0.05) is 6.07 Å². The van der Waals surface area contributed by atoms with Crippen LogP contribution in [0, 0.1) is 5.92 Å². The lowest BCUT2D eigenvalue weighted by Crippen LogP contribution is -2.24. The lowest BCUT2D eigenvalue weighted by Gasteiger charge is -2.17. The second-order valence-electron chi connectivity index (χ2n) is 5.72. The lowest BCUT2D eigenvalue weighted by molar-refractivity contribution is -0.141. The second kappa shape index (κ2) is 5.44. The minimum atomic E-state index is -0.851. The van der Waals surface area contributed by atoms with Gasteiger partial charge in [0.15, 0.2) is 11.5 Å². The molecule has 0 saturated carbocycles. The number of carboxylic acids is 1. The summed E-state index contributed by atoms with van der Waals surface area (Å²) in [6, 6.07) is 5.52. The number of nitrogens with two attached hydrogens (primary N) is 1. The van der Waals surface area contributed by atoms with E-state index in [0.29, 0.717) is 30.1 Å². The number of hydrogen-bond donors (Lipinski definition) is 3. The number of H-pyrrole nitrogens is 1. The number of hydrogen-bond acceptors (Lipinski definition) is 7. The predicted molar refractivity (Wildman–Crippen MR) is 86.4 cm³/mol. The zero-order valence-electron chi connectivity index (χ0n) is 12.6. The molecule has 1 saturated heterocycles. The van der Waals surface area contributed by atoms with Crippen molar-refractivity contribution in [1.29, 1.82) is 0 Å². The number of pyridine rings is 1. The van der Waals surface area contributed by atoms with Crippen LogP contribution in [0.2, 0.25) is 0 Å². The molecule has 1 aliphatic rings. The summed E-state index contributed by atoms with van der Waals surface area (Å²) >= 11 is 0. The molecule has 4 rings (SSSR count). The van der Waals surface area contributed by atoms with Crippen molar-refractivity contribution in [2.75, 3.05) is 23.7 Å². The summed E-state index contributed by atoms with van der Waals surface area (Å²) in [6.45, 7) is 0.805. The first-order valence-corrected chi connectivity index (χ1v) is 7.49. The average Bonchev–Trinajstić information content (AvgIpc) is 3.21. The van der Waals surface area contributed by atoms with Gasteiger partial charge in [0.1, 0.15) is 5.52 Å². The number of carboxylic acid groups (broad SMARTS) is 1. The van der Waals surface area contributed by atoms with Crippen molar-refractivity contribution in [3.63, 3.8) is 0 Å². The number of anilines is 2. The van der Waals surface area contributed by atoms with E-state index < -0.39 is 11.9 Å². The van der Waals surface area contributed by atoms with E-state index in [9.17, 15) is 9.90 Å². The molecule has 24 heavy (non-hydrogen) atoms. The highest BCUT2D eigenvalue weighted by molar-refractivity contribution is 5.85. The van der Waals surface area contributed by atoms with E-state index in [2.05, 4.69) is 24.9 Å². The first kappa shape index (κ1) is 14.4. The summed E-state index contributed by atoms with van der Waals surface area (Å²) in [5.41, 5.74) is 7.63. The van der Waals surface area contributed by atoms with Gasteiger partial charge in [-0.2, -0.15) is 9.97 Å². The van der Waals surface area contributed by atoms with Crippen LogP contribution >= 0.6 is 0 Å². The second-order valence-corrected chi connectivity index (χ2v) is 5.72. The van der Waals surface area contributed by atoms with Crippen LogP contribution in [0.25, 0.3) is 11.2 Å². The van der Waals surface area contributed by atoms with E-state index in [0.717, 1.165) is 5.69 Å². The van der Waals surface area contributed by atoms with Gasteiger partial charge in [0.05, 0.1) is 12.2 Å². The van der Waals surface area contributed by atoms with Crippen LogP contribution in [0.3, 0.4) is 0 Å². The van der Waals surface area contributed by atoms with E-state index >= 15 is 0 Å². The van der Waals surface area contributed by atoms with Crippen LogP contribution in [-0.4, -0.2) is 49.1 Å². The van der Waals surface area contributed by atoms with E-state index in [1.54, 1.807) is 6.20 Å².